The van der Waals surface area contributed by atoms with Gasteiger partial charge in [0, 0.05) is 18.7 Å². The summed E-state index contributed by atoms with van der Waals surface area (Å²) in [6.45, 7) is 2.57. The molecule has 1 aromatic rings. The Morgan fingerprint density at radius 1 is 1.56 bits per heavy atom. The van der Waals surface area contributed by atoms with E-state index in [-0.39, 0.29) is 18.0 Å². The summed E-state index contributed by atoms with van der Waals surface area (Å²) in [6.07, 6.45) is 1.58. The number of hydrogen-bond acceptors (Lipinski definition) is 4. The van der Waals surface area contributed by atoms with Gasteiger partial charge in [-0.15, -0.1) is 0 Å². The molecule has 1 saturated heterocycles. The van der Waals surface area contributed by atoms with E-state index < -0.39 is 11.2 Å². The molecule has 6 heteroatoms. The summed E-state index contributed by atoms with van der Waals surface area (Å²) in [5.41, 5.74) is 4.80. The molecule has 6 nitrogen and oxygen atoms in total. The van der Waals surface area contributed by atoms with Crippen molar-refractivity contribution in [2.45, 2.75) is 31.9 Å². The van der Waals surface area contributed by atoms with Crippen LogP contribution in [0.1, 0.15) is 25.8 Å². The molecule has 0 spiro atoms. The van der Waals surface area contributed by atoms with Crippen molar-refractivity contribution in [1.82, 2.24) is 9.55 Å². The minimum absolute atomic E-state index is 0.00750. The Morgan fingerprint density at radius 2 is 2.31 bits per heavy atom. The van der Waals surface area contributed by atoms with Gasteiger partial charge in [-0.1, -0.05) is 0 Å². The maximum Gasteiger partial charge on any atom is 0.330 e. The Kier molecular flexibility index (Phi) is 2.82. The fraction of sp³-hybridized carbons (Fsp3) is 0.600. The van der Waals surface area contributed by atoms with E-state index in [0.29, 0.717) is 6.61 Å². The van der Waals surface area contributed by atoms with E-state index >= 15 is 0 Å². The van der Waals surface area contributed by atoms with Crippen LogP contribution in [0.2, 0.25) is 0 Å². The fourth-order valence-corrected chi connectivity index (χ4v) is 2.11. The minimum atomic E-state index is -0.459. The highest BCUT2D eigenvalue weighted by Gasteiger charge is 2.23. The number of rotatable bonds is 1. The van der Waals surface area contributed by atoms with Gasteiger partial charge in [0.2, 0.25) is 0 Å². The zero-order chi connectivity index (χ0) is 11.7. The van der Waals surface area contributed by atoms with Gasteiger partial charge in [-0.3, -0.25) is 14.3 Å². The molecule has 0 aliphatic carbocycles. The third-order valence-corrected chi connectivity index (χ3v) is 2.83. The van der Waals surface area contributed by atoms with E-state index in [1.54, 1.807) is 0 Å². The quantitative estimate of drug-likeness (QED) is 0.696. The lowest BCUT2D eigenvalue weighted by Gasteiger charge is -2.29. The molecule has 2 unspecified atom stereocenters. The molecule has 2 atom stereocenters. The summed E-state index contributed by atoms with van der Waals surface area (Å²) in [5, 5.41) is 0. The van der Waals surface area contributed by atoms with Crippen molar-refractivity contribution in [1.29, 1.82) is 0 Å². The van der Waals surface area contributed by atoms with Gasteiger partial charge in [0.15, 0.2) is 0 Å². The Morgan fingerprint density at radius 3 is 2.94 bits per heavy atom. The number of aromatic nitrogens is 2. The molecule has 1 aliphatic rings. The number of nitrogen functional groups attached to an aromatic ring is 1. The van der Waals surface area contributed by atoms with Gasteiger partial charge < -0.3 is 10.5 Å². The lowest BCUT2D eigenvalue weighted by molar-refractivity contribution is 0.00547. The van der Waals surface area contributed by atoms with Crippen LogP contribution in [-0.2, 0) is 4.74 Å². The molecule has 2 rings (SSSR count). The van der Waals surface area contributed by atoms with Gasteiger partial charge in [-0.2, -0.15) is 0 Å². The first-order chi connectivity index (χ1) is 7.58. The normalized spacial score (nSPS) is 25.6. The van der Waals surface area contributed by atoms with Gasteiger partial charge >= 0.3 is 5.69 Å². The Hall–Kier alpha value is -1.56. The predicted octanol–water partition coefficient (Wildman–Crippen LogP) is -0.141. The van der Waals surface area contributed by atoms with Crippen LogP contribution in [-0.4, -0.2) is 22.3 Å². The number of nitrogens with one attached hydrogen (secondary N) is 1. The van der Waals surface area contributed by atoms with Crippen LogP contribution >= 0.6 is 0 Å². The van der Waals surface area contributed by atoms with Crippen LogP contribution in [0.25, 0.3) is 0 Å². The SMILES string of the molecule is CC1CC(n2c(N)cc(=O)[nH]c2=O)CCO1. The molecule has 0 aromatic carbocycles. The molecule has 0 amide bonds. The van der Waals surface area contributed by atoms with Crippen molar-refractivity contribution in [3.05, 3.63) is 26.9 Å². The Labute approximate surface area is 92.0 Å². The zero-order valence-corrected chi connectivity index (χ0v) is 9.10. The fourth-order valence-electron chi connectivity index (χ4n) is 2.11. The predicted molar refractivity (Wildman–Crippen MR) is 59.4 cm³/mol. The average molecular weight is 225 g/mol. The van der Waals surface area contributed by atoms with E-state index in [9.17, 15) is 9.59 Å². The van der Waals surface area contributed by atoms with E-state index in [1.165, 1.54) is 10.6 Å². The molecule has 0 radical (unpaired) electrons. The van der Waals surface area contributed by atoms with E-state index in [2.05, 4.69) is 4.98 Å². The molecule has 1 fully saturated rings. The first-order valence-corrected chi connectivity index (χ1v) is 5.31. The van der Waals surface area contributed by atoms with Crippen LogP contribution in [0.4, 0.5) is 5.82 Å². The molecule has 0 saturated carbocycles. The number of hydrogen-bond donors (Lipinski definition) is 2. The van der Waals surface area contributed by atoms with Crippen molar-refractivity contribution >= 4 is 5.82 Å². The second-order valence-electron chi connectivity index (χ2n) is 4.09. The molecular formula is C10H15N3O3. The molecule has 1 aromatic heterocycles. The molecule has 0 bridgehead atoms. The third-order valence-electron chi connectivity index (χ3n) is 2.83. The number of nitrogens with two attached hydrogens (primary N) is 1. The van der Waals surface area contributed by atoms with Gasteiger partial charge in [0.05, 0.1) is 6.10 Å². The van der Waals surface area contributed by atoms with Gasteiger partial charge in [0.25, 0.3) is 5.56 Å². The second kappa shape index (κ2) is 4.13. The Bertz CT molecular complexity index is 491. The number of anilines is 1. The van der Waals surface area contributed by atoms with Crippen LogP contribution < -0.4 is 17.0 Å². The molecule has 2 heterocycles. The molecule has 1 aliphatic heterocycles. The highest BCUT2D eigenvalue weighted by Crippen LogP contribution is 2.24. The van der Waals surface area contributed by atoms with E-state index in [0.717, 1.165) is 12.8 Å². The summed E-state index contributed by atoms with van der Waals surface area (Å²) >= 11 is 0. The average Bonchev–Trinajstić information content (AvgIpc) is 2.15. The first-order valence-electron chi connectivity index (χ1n) is 5.31. The highest BCUT2D eigenvalue weighted by molar-refractivity contribution is 5.27. The van der Waals surface area contributed by atoms with E-state index in [1.807, 2.05) is 6.92 Å². The van der Waals surface area contributed by atoms with Crippen molar-refractivity contribution in [3.63, 3.8) is 0 Å². The summed E-state index contributed by atoms with van der Waals surface area (Å²) < 4.78 is 6.85. The third kappa shape index (κ3) is 2.01. The minimum Gasteiger partial charge on any atom is -0.385 e. The van der Waals surface area contributed by atoms with Crippen molar-refractivity contribution < 1.29 is 4.74 Å². The molecule has 88 valence electrons. The highest BCUT2D eigenvalue weighted by atomic mass is 16.5. The van der Waals surface area contributed by atoms with Crippen molar-refractivity contribution in [3.8, 4) is 0 Å². The maximum absolute atomic E-state index is 11.7. The topological polar surface area (TPSA) is 90.1 Å². The molecular weight excluding hydrogens is 210 g/mol. The van der Waals surface area contributed by atoms with Crippen LogP contribution in [0.15, 0.2) is 15.7 Å². The van der Waals surface area contributed by atoms with E-state index in [4.69, 9.17) is 10.5 Å². The van der Waals surface area contributed by atoms with Crippen LogP contribution in [0.5, 0.6) is 0 Å². The second-order valence-corrected chi connectivity index (χ2v) is 4.09. The van der Waals surface area contributed by atoms with Crippen LogP contribution in [0.3, 0.4) is 0 Å². The lowest BCUT2D eigenvalue weighted by Crippen LogP contribution is -2.37. The molecule has 3 N–H and O–H groups in total. The number of H-pyrrole nitrogens is 1. The summed E-state index contributed by atoms with van der Waals surface area (Å²) in [7, 11) is 0. The summed E-state index contributed by atoms with van der Waals surface area (Å²) in [5.74, 6) is 0.216. The van der Waals surface area contributed by atoms with Gasteiger partial charge in [-0.05, 0) is 19.8 Å². The summed E-state index contributed by atoms with van der Waals surface area (Å²) in [4.78, 5) is 24.9. The smallest absolute Gasteiger partial charge is 0.330 e. The zero-order valence-electron chi connectivity index (χ0n) is 9.10. The largest absolute Gasteiger partial charge is 0.385 e. The Balaban J connectivity index is 2.40. The number of aromatic amines is 1. The van der Waals surface area contributed by atoms with Crippen molar-refractivity contribution in [2.75, 3.05) is 12.3 Å². The standard InChI is InChI=1S/C10H15N3O3/c1-6-4-7(2-3-16-6)13-8(11)5-9(14)12-10(13)15/h5-7H,2-4,11H2,1H3,(H,12,14,15). The van der Waals surface area contributed by atoms with Gasteiger partial charge in [-0.25, -0.2) is 4.79 Å². The van der Waals surface area contributed by atoms with Crippen LogP contribution in [0, 0.1) is 0 Å². The maximum atomic E-state index is 11.7. The summed E-state index contributed by atoms with van der Waals surface area (Å²) in [6, 6.07) is 1.25. The van der Waals surface area contributed by atoms with Crippen molar-refractivity contribution in [2.24, 2.45) is 0 Å². The first kappa shape index (κ1) is 10.9. The number of ether oxygens (including phenoxy) is 1. The van der Waals surface area contributed by atoms with Gasteiger partial charge in [0.1, 0.15) is 5.82 Å². The monoisotopic (exact) mass is 225 g/mol. The molecule has 16 heavy (non-hydrogen) atoms. The number of nitrogens with zero attached hydrogens (tertiary/aromatic N) is 1. The lowest BCUT2D eigenvalue weighted by atomic mass is 10.0.